The van der Waals surface area contributed by atoms with Gasteiger partial charge in [-0.3, -0.25) is 4.98 Å². The van der Waals surface area contributed by atoms with E-state index < -0.39 is 0 Å². The SMILES string of the molecule is CC(C=O)c1ccc(Br)cn1. The first-order valence-corrected chi connectivity index (χ1v) is 4.10. The van der Waals surface area contributed by atoms with Crippen LogP contribution in [0.1, 0.15) is 18.5 Å². The van der Waals surface area contributed by atoms with E-state index in [9.17, 15) is 4.79 Å². The molecule has 1 rings (SSSR count). The van der Waals surface area contributed by atoms with Gasteiger partial charge in [-0.15, -0.1) is 0 Å². The second-order valence-electron chi connectivity index (χ2n) is 2.33. The second kappa shape index (κ2) is 3.62. The van der Waals surface area contributed by atoms with E-state index in [4.69, 9.17) is 0 Å². The predicted molar refractivity (Wildman–Crippen MR) is 46.4 cm³/mol. The standard InChI is InChI=1S/C8H8BrNO/c1-6(5-11)8-3-2-7(9)4-10-8/h2-6H,1H3. The van der Waals surface area contributed by atoms with Gasteiger partial charge in [-0.2, -0.15) is 0 Å². The van der Waals surface area contributed by atoms with Crippen molar-refractivity contribution in [3.8, 4) is 0 Å². The van der Waals surface area contributed by atoms with Crippen molar-refractivity contribution >= 4 is 22.2 Å². The van der Waals surface area contributed by atoms with E-state index >= 15 is 0 Å². The summed E-state index contributed by atoms with van der Waals surface area (Å²) in [5.41, 5.74) is 0.809. The third kappa shape index (κ3) is 2.12. The molecule has 0 bridgehead atoms. The summed E-state index contributed by atoms with van der Waals surface area (Å²) in [4.78, 5) is 14.4. The van der Waals surface area contributed by atoms with Gasteiger partial charge in [0.15, 0.2) is 0 Å². The van der Waals surface area contributed by atoms with Crippen molar-refractivity contribution in [2.24, 2.45) is 0 Å². The number of pyridine rings is 1. The Labute approximate surface area is 73.8 Å². The molecule has 0 aromatic carbocycles. The summed E-state index contributed by atoms with van der Waals surface area (Å²) in [5, 5.41) is 0. The molecule has 0 aliphatic carbocycles. The summed E-state index contributed by atoms with van der Waals surface area (Å²) in [6, 6.07) is 3.71. The maximum Gasteiger partial charge on any atom is 0.128 e. The molecule has 0 saturated heterocycles. The molecule has 0 saturated carbocycles. The van der Waals surface area contributed by atoms with Gasteiger partial charge in [0.05, 0.1) is 11.6 Å². The minimum Gasteiger partial charge on any atom is -0.303 e. The first kappa shape index (κ1) is 8.40. The van der Waals surface area contributed by atoms with Crippen LogP contribution < -0.4 is 0 Å². The Hall–Kier alpha value is -0.700. The van der Waals surface area contributed by atoms with E-state index in [1.807, 2.05) is 19.1 Å². The Kier molecular flexibility index (Phi) is 2.76. The summed E-state index contributed by atoms with van der Waals surface area (Å²) < 4.78 is 0.930. The number of halogens is 1. The summed E-state index contributed by atoms with van der Waals surface area (Å²) in [5.74, 6) is -0.108. The lowest BCUT2D eigenvalue weighted by Crippen LogP contribution is -1.96. The van der Waals surface area contributed by atoms with Gasteiger partial charge in [0.2, 0.25) is 0 Å². The van der Waals surface area contributed by atoms with E-state index in [-0.39, 0.29) is 5.92 Å². The molecule has 0 spiro atoms. The lowest BCUT2D eigenvalue weighted by molar-refractivity contribution is -0.108. The number of hydrogen-bond donors (Lipinski definition) is 0. The van der Waals surface area contributed by atoms with Crippen molar-refractivity contribution in [1.29, 1.82) is 0 Å². The number of carbonyl (C=O) groups is 1. The van der Waals surface area contributed by atoms with Gasteiger partial charge in [0, 0.05) is 10.7 Å². The van der Waals surface area contributed by atoms with Crippen molar-refractivity contribution in [2.75, 3.05) is 0 Å². The van der Waals surface area contributed by atoms with E-state index in [1.54, 1.807) is 6.20 Å². The molecule has 11 heavy (non-hydrogen) atoms. The number of rotatable bonds is 2. The fraction of sp³-hybridized carbons (Fsp3) is 0.250. The van der Waals surface area contributed by atoms with Gasteiger partial charge in [-0.05, 0) is 28.1 Å². The largest absolute Gasteiger partial charge is 0.303 e. The summed E-state index contributed by atoms with van der Waals surface area (Å²) in [6.45, 7) is 1.82. The van der Waals surface area contributed by atoms with Gasteiger partial charge < -0.3 is 4.79 Å². The highest BCUT2D eigenvalue weighted by Gasteiger charge is 2.03. The molecular formula is C8H8BrNO. The Bertz CT molecular complexity index is 245. The van der Waals surface area contributed by atoms with Gasteiger partial charge in [-0.25, -0.2) is 0 Å². The monoisotopic (exact) mass is 213 g/mol. The predicted octanol–water partition coefficient (Wildman–Crippen LogP) is 2.15. The quantitative estimate of drug-likeness (QED) is 0.706. The third-order valence-corrected chi connectivity index (χ3v) is 1.89. The van der Waals surface area contributed by atoms with E-state index in [0.29, 0.717) is 0 Å². The zero-order valence-electron chi connectivity index (χ0n) is 6.12. The molecule has 0 radical (unpaired) electrons. The van der Waals surface area contributed by atoms with Crippen LogP contribution in [0, 0.1) is 0 Å². The smallest absolute Gasteiger partial charge is 0.128 e. The molecule has 1 unspecified atom stereocenters. The van der Waals surface area contributed by atoms with Crippen LogP contribution in [0.5, 0.6) is 0 Å². The minimum absolute atomic E-state index is 0.108. The fourth-order valence-corrected chi connectivity index (χ4v) is 0.961. The van der Waals surface area contributed by atoms with Crippen LogP contribution in [0.2, 0.25) is 0 Å². The van der Waals surface area contributed by atoms with Crippen molar-refractivity contribution < 1.29 is 4.79 Å². The summed E-state index contributed by atoms with van der Waals surface area (Å²) in [6.07, 6.45) is 2.57. The van der Waals surface area contributed by atoms with E-state index in [2.05, 4.69) is 20.9 Å². The number of hydrogen-bond acceptors (Lipinski definition) is 2. The lowest BCUT2D eigenvalue weighted by Gasteiger charge is -2.00. The molecule has 1 aromatic rings. The van der Waals surface area contributed by atoms with Crippen LogP contribution in [-0.4, -0.2) is 11.3 Å². The Morgan fingerprint density at radius 3 is 2.82 bits per heavy atom. The van der Waals surface area contributed by atoms with Crippen LogP contribution in [0.25, 0.3) is 0 Å². The molecule has 58 valence electrons. The second-order valence-corrected chi connectivity index (χ2v) is 3.24. The van der Waals surface area contributed by atoms with Crippen LogP contribution in [0.3, 0.4) is 0 Å². The zero-order valence-corrected chi connectivity index (χ0v) is 7.71. The highest BCUT2D eigenvalue weighted by atomic mass is 79.9. The highest BCUT2D eigenvalue weighted by molar-refractivity contribution is 9.10. The molecule has 0 fully saturated rings. The number of carbonyl (C=O) groups excluding carboxylic acids is 1. The van der Waals surface area contributed by atoms with E-state index in [0.717, 1.165) is 16.5 Å². The minimum atomic E-state index is -0.108. The average Bonchev–Trinajstić information content (AvgIpc) is 2.05. The van der Waals surface area contributed by atoms with Crippen molar-refractivity contribution in [1.82, 2.24) is 4.98 Å². The number of nitrogens with zero attached hydrogens (tertiary/aromatic N) is 1. The van der Waals surface area contributed by atoms with Crippen LogP contribution >= 0.6 is 15.9 Å². The van der Waals surface area contributed by atoms with Gasteiger partial charge in [0.25, 0.3) is 0 Å². The molecule has 0 aliphatic heterocycles. The Morgan fingerprint density at radius 1 is 1.64 bits per heavy atom. The van der Waals surface area contributed by atoms with Gasteiger partial charge in [-0.1, -0.05) is 6.92 Å². The lowest BCUT2D eigenvalue weighted by atomic mass is 10.1. The molecule has 1 atom stereocenters. The first-order valence-electron chi connectivity index (χ1n) is 3.31. The molecule has 0 N–H and O–H groups in total. The van der Waals surface area contributed by atoms with Gasteiger partial charge >= 0.3 is 0 Å². The number of aromatic nitrogens is 1. The molecular weight excluding hydrogens is 206 g/mol. The molecule has 0 aliphatic rings. The molecule has 0 amide bonds. The van der Waals surface area contributed by atoms with Crippen LogP contribution in [0.4, 0.5) is 0 Å². The molecule has 1 heterocycles. The fourth-order valence-electron chi connectivity index (χ4n) is 0.726. The van der Waals surface area contributed by atoms with Gasteiger partial charge in [0.1, 0.15) is 6.29 Å². The third-order valence-electron chi connectivity index (χ3n) is 1.42. The normalized spacial score (nSPS) is 12.5. The maximum atomic E-state index is 10.3. The topological polar surface area (TPSA) is 30.0 Å². The Morgan fingerprint density at radius 2 is 2.36 bits per heavy atom. The number of aldehydes is 1. The maximum absolute atomic E-state index is 10.3. The molecule has 2 nitrogen and oxygen atoms in total. The summed E-state index contributed by atoms with van der Waals surface area (Å²) in [7, 11) is 0. The van der Waals surface area contributed by atoms with Crippen LogP contribution in [0.15, 0.2) is 22.8 Å². The van der Waals surface area contributed by atoms with Crippen LogP contribution in [-0.2, 0) is 4.79 Å². The first-order chi connectivity index (χ1) is 5.24. The Balaban J connectivity index is 2.89. The highest BCUT2D eigenvalue weighted by Crippen LogP contribution is 2.12. The van der Waals surface area contributed by atoms with Crippen molar-refractivity contribution in [3.63, 3.8) is 0 Å². The molecule has 3 heteroatoms. The van der Waals surface area contributed by atoms with Crippen molar-refractivity contribution in [3.05, 3.63) is 28.5 Å². The average molecular weight is 214 g/mol. The van der Waals surface area contributed by atoms with E-state index in [1.165, 1.54) is 0 Å². The summed E-state index contributed by atoms with van der Waals surface area (Å²) >= 11 is 3.27. The molecule has 1 aromatic heterocycles. The zero-order chi connectivity index (χ0) is 8.27. The van der Waals surface area contributed by atoms with Crippen molar-refractivity contribution in [2.45, 2.75) is 12.8 Å².